The van der Waals surface area contributed by atoms with Crippen molar-refractivity contribution in [1.29, 1.82) is 0 Å². The van der Waals surface area contributed by atoms with Crippen LogP contribution < -0.4 is 13.6 Å². The molecule has 0 radical (unpaired) electrons. The molecule has 162 valence electrons. The maximum Gasteiger partial charge on any atom is 0.647 e. The van der Waals surface area contributed by atoms with Crippen LogP contribution in [0, 0.1) is 0 Å². The molecule has 0 atom stereocenters. The molecule has 4 nitrogen and oxygen atoms in total. The average molecular weight is 444 g/mol. The molecule has 4 aromatic rings. The normalized spacial score (nSPS) is 11.6. The molecule has 0 amide bonds. The number of rotatable bonds is 8. The van der Waals surface area contributed by atoms with Gasteiger partial charge in [-0.2, -0.15) is 4.57 Å². The highest BCUT2D eigenvalue weighted by atomic mass is 31.2. The molecule has 4 aromatic carbocycles. The van der Waals surface area contributed by atoms with Crippen LogP contribution in [0.25, 0.3) is 0 Å². The van der Waals surface area contributed by atoms with Crippen LogP contribution in [0.5, 0.6) is 17.2 Å². The minimum Gasteiger partial charge on any atom is -0.386 e. The number of benzene rings is 4. The smallest absolute Gasteiger partial charge is 0.386 e. The second kappa shape index (κ2) is 9.33. The average Bonchev–Trinajstić information content (AvgIpc) is 2.81. The van der Waals surface area contributed by atoms with Gasteiger partial charge in [-0.15, -0.1) is 0 Å². The third kappa shape index (κ3) is 5.04. The summed E-state index contributed by atoms with van der Waals surface area (Å²) >= 11 is 0. The van der Waals surface area contributed by atoms with Gasteiger partial charge in [0, 0.05) is 11.0 Å². The molecule has 0 fully saturated rings. The molecule has 0 spiro atoms. The largest absolute Gasteiger partial charge is 0.647 e. The Labute approximate surface area is 189 Å². The van der Waals surface area contributed by atoms with E-state index in [9.17, 15) is 4.57 Å². The first-order chi connectivity index (χ1) is 15.5. The predicted molar refractivity (Wildman–Crippen MR) is 127 cm³/mol. The van der Waals surface area contributed by atoms with Gasteiger partial charge in [0.05, 0.1) is 0 Å². The molecule has 0 bridgehead atoms. The van der Waals surface area contributed by atoms with Crippen LogP contribution in [-0.2, 0) is 9.98 Å². The molecule has 0 aliphatic rings. The first-order valence-electron chi connectivity index (χ1n) is 10.4. The van der Waals surface area contributed by atoms with Gasteiger partial charge in [-0.3, -0.25) is 0 Å². The fourth-order valence-corrected chi connectivity index (χ4v) is 4.74. The molecular weight excluding hydrogens is 419 g/mol. The van der Waals surface area contributed by atoms with Gasteiger partial charge in [0.1, 0.15) is 17.2 Å². The van der Waals surface area contributed by atoms with Crippen molar-refractivity contribution < 1.29 is 18.1 Å². The minimum absolute atomic E-state index is 0.395. The van der Waals surface area contributed by atoms with Gasteiger partial charge in [0.15, 0.2) is 0 Å². The van der Waals surface area contributed by atoms with Gasteiger partial charge in [0.2, 0.25) is 0 Å². The van der Waals surface area contributed by atoms with Crippen LogP contribution in [0.2, 0.25) is 0 Å². The summed E-state index contributed by atoms with van der Waals surface area (Å²) in [5.41, 5.74) is 1.58. The standard InChI is InChI=1S/C27H25O4P/c1-27(2,22-14-6-3-7-15-22)25-20-12-13-21-26(25)31-32(28,29-23-16-8-4-9-17-23)30-24-18-10-5-11-19-24/h3-21H,1-2H3. The molecule has 0 saturated heterocycles. The third-order valence-electron chi connectivity index (χ3n) is 5.19. The number of hydrogen-bond donors (Lipinski definition) is 0. The fraction of sp³-hybridized carbons (Fsp3) is 0.111. The Bertz CT molecular complexity index is 1150. The molecule has 0 unspecified atom stereocenters. The molecular formula is C27H25O4P. The summed E-state index contributed by atoms with van der Waals surface area (Å²) in [6.45, 7) is 4.21. The lowest BCUT2D eigenvalue weighted by molar-refractivity contribution is 0.296. The van der Waals surface area contributed by atoms with E-state index in [4.69, 9.17) is 13.6 Å². The van der Waals surface area contributed by atoms with Crippen molar-refractivity contribution in [2.45, 2.75) is 19.3 Å². The van der Waals surface area contributed by atoms with E-state index in [1.165, 1.54) is 0 Å². The molecule has 0 N–H and O–H groups in total. The Morgan fingerprint density at radius 2 is 1.00 bits per heavy atom. The summed E-state index contributed by atoms with van der Waals surface area (Å²) in [5.74, 6) is 1.23. The van der Waals surface area contributed by atoms with Crippen molar-refractivity contribution in [2.75, 3.05) is 0 Å². The monoisotopic (exact) mass is 444 g/mol. The Balaban J connectivity index is 1.72. The summed E-state index contributed by atoms with van der Waals surface area (Å²) < 4.78 is 31.5. The molecule has 0 heterocycles. The van der Waals surface area contributed by atoms with Crippen LogP contribution in [0.15, 0.2) is 115 Å². The minimum atomic E-state index is -4.07. The Morgan fingerprint density at radius 3 is 1.53 bits per heavy atom. The first-order valence-corrected chi connectivity index (χ1v) is 11.9. The van der Waals surface area contributed by atoms with Gasteiger partial charge in [-0.25, -0.2) is 0 Å². The highest BCUT2D eigenvalue weighted by Gasteiger charge is 2.36. The van der Waals surface area contributed by atoms with E-state index in [0.717, 1.165) is 11.1 Å². The third-order valence-corrected chi connectivity index (χ3v) is 6.48. The van der Waals surface area contributed by atoms with Crippen LogP contribution in [0.1, 0.15) is 25.0 Å². The maximum absolute atomic E-state index is 13.9. The van der Waals surface area contributed by atoms with Crippen molar-refractivity contribution in [3.63, 3.8) is 0 Å². The van der Waals surface area contributed by atoms with Crippen LogP contribution in [-0.4, -0.2) is 0 Å². The zero-order valence-corrected chi connectivity index (χ0v) is 18.9. The van der Waals surface area contributed by atoms with E-state index in [2.05, 4.69) is 26.0 Å². The van der Waals surface area contributed by atoms with E-state index in [1.807, 2.05) is 48.5 Å². The van der Waals surface area contributed by atoms with Crippen LogP contribution in [0.4, 0.5) is 0 Å². The van der Waals surface area contributed by atoms with Crippen LogP contribution >= 0.6 is 7.82 Å². The highest BCUT2D eigenvalue weighted by molar-refractivity contribution is 7.49. The predicted octanol–water partition coefficient (Wildman–Crippen LogP) is 7.66. The summed E-state index contributed by atoms with van der Waals surface area (Å²) in [6.07, 6.45) is 0. The lowest BCUT2D eigenvalue weighted by atomic mass is 9.78. The summed E-state index contributed by atoms with van der Waals surface area (Å²) in [7, 11) is -4.07. The molecule has 0 aliphatic carbocycles. The van der Waals surface area contributed by atoms with Crippen LogP contribution in [0.3, 0.4) is 0 Å². The van der Waals surface area contributed by atoms with E-state index >= 15 is 0 Å². The highest BCUT2D eigenvalue weighted by Crippen LogP contribution is 2.51. The molecule has 5 heteroatoms. The van der Waals surface area contributed by atoms with Crippen molar-refractivity contribution in [1.82, 2.24) is 0 Å². The summed E-state index contributed by atoms with van der Waals surface area (Å²) in [6, 6.07) is 35.4. The van der Waals surface area contributed by atoms with Crippen molar-refractivity contribution in [3.8, 4) is 17.2 Å². The summed E-state index contributed by atoms with van der Waals surface area (Å²) in [4.78, 5) is 0. The lowest BCUT2D eigenvalue weighted by Gasteiger charge is -2.29. The van der Waals surface area contributed by atoms with E-state index in [-0.39, 0.29) is 0 Å². The zero-order chi connectivity index (χ0) is 22.4. The number of para-hydroxylation sites is 3. The lowest BCUT2D eigenvalue weighted by Crippen LogP contribution is -2.20. The van der Waals surface area contributed by atoms with Gasteiger partial charge in [0.25, 0.3) is 0 Å². The number of phosphoric ester groups is 1. The van der Waals surface area contributed by atoms with Crippen molar-refractivity contribution in [3.05, 3.63) is 126 Å². The number of phosphoric acid groups is 1. The molecule has 4 rings (SSSR count). The second-order valence-corrected chi connectivity index (χ2v) is 9.28. The maximum atomic E-state index is 13.9. The van der Waals surface area contributed by atoms with E-state index in [0.29, 0.717) is 17.2 Å². The van der Waals surface area contributed by atoms with Gasteiger partial charge in [-0.1, -0.05) is 98.8 Å². The number of hydrogen-bond acceptors (Lipinski definition) is 4. The van der Waals surface area contributed by atoms with Crippen molar-refractivity contribution in [2.24, 2.45) is 0 Å². The van der Waals surface area contributed by atoms with Gasteiger partial charge >= 0.3 is 7.82 Å². The quantitative estimate of drug-likeness (QED) is 0.262. The van der Waals surface area contributed by atoms with E-state index in [1.54, 1.807) is 54.6 Å². The van der Waals surface area contributed by atoms with E-state index < -0.39 is 13.2 Å². The molecule has 0 aliphatic heterocycles. The Hall–Kier alpha value is -3.49. The molecule has 32 heavy (non-hydrogen) atoms. The fourth-order valence-electron chi connectivity index (χ4n) is 3.47. The summed E-state index contributed by atoms with van der Waals surface area (Å²) in [5, 5.41) is 0. The molecule has 0 aromatic heterocycles. The Kier molecular flexibility index (Phi) is 6.34. The zero-order valence-electron chi connectivity index (χ0n) is 18.0. The van der Waals surface area contributed by atoms with Gasteiger partial charge in [-0.05, 0) is 35.9 Å². The van der Waals surface area contributed by atoms with Gasteiger partial charge < -0.3 is 13.6 Å². The topological polar surface area (TPSA) is 44.8 Å². The SMILES string of the molecule is CC(C)(c1ccccc1)c1ccccc1OP(=O)(Oc1ccccc1)Oc1ccccc1. The van der Waals surface area contributed by atoms with Crippen molar-refractivity contribution >= 4 is 7.82 Å². The molecule has 0 saturated carbocycles. The Morgan fingerprint density at radius 1 is 0.562 bits per heavy atom. The first kappa shape index (κ1) is 21.7. The second-order valence-electron chi connectivity index (χ2n) is 7.83.